The zero-order chi connectivity index (χ0) is 14.8. The monoisotopic (exact) mass is 294 g/mol. The van der Waals surface area contributed by atoms with Crippen LogP contribution in [0.1, 0.15) is 26.7 Å². The van der Waals surface area contributed by atoms with E-state index in [1.165, 1.54) is 0 Å². The van der Waals surface area contributed by atoms with E-state index in [4.69, 9.17) is 10.2 Å². The van der Waals surface area contributed by atoms with Crippen LogP contribution in [0.25, 0.3) is 0 Å². The molecule has 1 amide bonds. The van der Waals surface area contributed by atoms with E-state index in [1.54, 1.807) is 13.8 Å². The van der Waals surface area contributed by atoms with E-state index in [-0.39, 0.29) is 25.4 Å². The summed E-state index contributed by atoms with van der Waals surface area (Å²) < 4.78 is 9.49. The van der Waals surface area contributed by atoms with Crippen LogP contribution in [0.2, 0.25) is 0 Å². The van der Waals surface area contributed by atoms with Crippen LogP contribution in [0.4, 0.5) is 4.79 Å². The van der Waals surface area contributed by atoms with Crippen LogP contribution in [-0.2, 0) is 14.3 Å². The van der Waals surface area contributed by atoms with E-state index < -0.39 is 24.1 Å². The Morgan fingerprint density at radius 1 is 1.26 bits per heavy atom. The van der Waals surface area contributed by atoms with Gasteiger partial charge in [0.1, 0.15) is 6.04 Å². The van der Waals surface area contributed by atoms with Gasteiger partial charge in [-0.2, -0.15) is 0 Å². The number of hydrogen-bond donors (Lipinski definition) is 4. The van der Waals surface area contributed by atoms with E-state index in [1.807, 2.05) is 0 Å². The minimum atomic E-state index is -1.01. The van der Waals surface area contributed by atoms with Crippen LogP contribution in [0.3, 0.4) is 0 Å². The molecule has 0 spiro atoms. The zero-order valence-corrected chi connectivity index (χ0v) is 11.5. The Hall–Kier alpha value is -1.48. The van der Waals surface area contributed by atoms with Crippen molar-refractivity contribution < 1.29 is 29.3 Å². The molecule has 8 nitrogen and oxygen atoms in total. The lowest BCUT2D eigenvalue weighted by Crippen LogP contribution is -2.39. The first-order valence-electron chi connectivity index (χ1n) is 5.63. The van der Waals surface area contributed by atoms with Gasteiger partial charge in [0, 0.05) is 18.6 Å². The third-order valence-corrected chi connectivity index (χ3v) is 2.66. The molecule has 0 saturated carbocycles. The minimum absolute atomic E-state index is 0.00870. The first-order valence-corrected chi connectivity index (χ1v) is 6.45. The lowest BCUT2D eigenvalue weighted by molar-refractivity contribution is -0.140. The van der Waals surface area contributed by atoms with Crippen molar-refractivity contribution in [3.05, 3.63) is 0 Å². The van der Waals surface area contributed by atoms with E-state index in [0.29, 0.717) is 0 Å². The minimum Gasteiger partial charge on any atom is -0.481 e. The number of aliphatic carboxylic acids is 2. The molecule has 0 aliphatic heterocycles. The summed E-state index contributed by atoms with van der Waals surface area (Å²) in [6, 6.07) is -0.794. The highest BCUT2D eigenvalue weighted by Crippen LogP contribution is 2.05. The maximum Gasteiger partial charge on any atom is 0.418 e. The lowest BCUT2D eigenvalue weighted by Gasteiger charge is -2.16. The van der Waals surface area contributed by atoms with Crippen molar-refractivity contribution in [2.45, 2.75) is 32.7 Å². The number of carbonyl (C=O) groups excluding carboxylic acids is 1. The molecule has 0 bridgehead atoms. The highest BCUT2D eigenvalue weighted by atomic mass is 32.2. The molecule has 0 aliphatic carbocycles. The van der Waals surface area contributed by atoms with Gasteiger partial charge in [0.2, 0.25) is 0 Å². The Kier molecular flexibility index (Phi) is 8.71. The Morgan fingerprint density at radius 2 is 1.89 bits per heavy atom. The topological polar surface area (TPSA) is 125 Å². The standard InChI is InChI=1S/C10H18N2O6S/c1-6(2)8(9(15)16)11-19-12-10(17)18-5-3-4-7(13)14/h6,8,11H,3-5H2,1-2H3,(H,12,17)(H,13,14)(H,15,16). The van der Waals surface area contributed by atoms with E-state index >= 15 is 0 Å². The van der Waals surface area contributed by atoms with Crippen molar-refractivity contribution in [1.29, 1.82) is 0 Å². The molecule has 0 fully saturated rings. The first-order chi connectivity index (χ1) is 8.84. The van der Waals surface area contributed by atoms with E-state index in [2.05, 4.69) is 14.2 Å². The largest absolute Gasteiger partial charge is 0.481 e. The number of carbonyl (C=O) groups is 3. The molecule has 4 N–H and O–H groups in total. The lowest BCUT2D eigenvalue weighted by atomic mass is 10.1. The molecule has 19 heavy (non-hydrogen) atoms. The summed E-state index contributed by atoms with van der Waals surface area (Å²) in [7, 11) is 0. The Bertz CT molecular complexity index is 323. The molecule has 0 aliphatic rings. The predicted molar refractivity (Wildman–Crippen MR) is 68.3 cm³/mol. The van der Waals surface area contributed by atoms with Gasteiger partial charge in [-0.1, -0.05) is 13.8 Å². The molecule has 0 aromatic carbocycles. The predicted octanol–water partition coefficient (Wildman–Crippen LogP) is 0.839. The Balaban J connectivity index is 3.73. The second kappa shape index (κ2) is 9.45. The van der Waals surface area contributed by atoms with E-state index in [0.717, 1.165) is 12.1 Å². The highest BCUT2D eigenvalue weighted by molar-refractivity contribution is 7.96. The van der Waals surface area contributed by atoms with Crippen molar-refractivity contribution in [2.24, 2.45) is 5.92 Å². The molecule has 0 radical (unpaired) electrons. The molecule has 9 heteroatoms. The zero-order valence-electron chi connectivity index (χ0n) is 10.7. The average molecular weight is 294 g/mol. The summed E-state index contributed by atoms with van der Waals surface area (Å²) in [6.45, 7) is 3.46. The molecule has 110 valence electrons. The van der Waals surface area contributed by atoms with Crippen molar-refractivity contribution in [3.63, 3.8) is 0 Å². The summed E-state index contributed by atoms with van der Waals surface area (Å²) >= 11 is 0.719. The van der Waals surface area contributed by atoms with Crippen molar-refractivity contribution >= 4 is 30.2 Å². The fourth-order valence-electron chi connectivity index (χ4n) is 1.02. The molecule has 1 atom stereocenters. The second-order valence-corrected chi connectivity index (χ2v) is 4.66. The van der Waals surface area contributed by atoms with Gasteiger partial charge in [0.15, 0.2) is 0 Å². The number of nitrogens with one attached hydrogen (secondary N) is 2. The SMILES string of the molecule is CC(C)C(NSNC(=O)OCCCC(=O)O)C(=O)O. The fourth-order valence-corrected chi connectivity index (χ4v) is 1.73. The van der Waals surface area contributed by atoms with Gasteiger partial charge in [-0.3, -0.25) is 14.3 Å². The van der Waals surface area contributed by atoms with Crippen molar-refractivity contribution in [3.8, 4) is 0 Å². The number of ether oxygens (including phenoxy) is 1. The molecule has 0 heterocycles. The summed E-state index contributed by atoms with van der Waals surface area (Å²) in [5.41, 5.74) is 0. The third-order valence-electron chi connectivity index (χ3n) is 2.02. The molecule has 1 unspecified atom stereocenters. The van der Waals surface area contributed by atoms with Gasteiger partial charge < -0.3 is 14.9 Å². The van der Waals surface area contributed by atoms with Crippen LogP contribution in [0.15, 0.2) is 0 Å². The number of amides is 1. The average Bonchev–Trinajstić information content (AvgIpc) is 2.29. The molecular weight excluding hydrogens is 276 g/mol. The van der Waals surface area contributed by atoms with Crippen LogP contribution in [0.5, 0.6) is 0 Å². The Labute approximate surface area is 115 Å². The smallest absolute Gasteiger partial charge is 0.418 e. The third kappa shape index (κ3) is 9.14. The van der Waals surface area contributed by atoms with Gasteiger partial charge in [-0.25, -0.2) is 9.52 Å². The van der Waals surface area contributed by atoms with E-state index in [9.17, 15) is 14.4 Å². The number of carboxylic acids is 2. The summed E-state index contributed by atoms with van der Waals surface area (Å²) in [5, 5.41) is 17.2. The molecule has 0 aromatic heterocycles. The number of hydrogen-bond acceptors (Lipinski definition) is 6. The van der Waals surface area contributed by atoms with Crippen LogP contribution >= 0.6 is 12.1 Å². The summed E-state index contributed by atoms with van der Waals surface area (Å²) in [4.78, 5) is 32.1. The van der Waals surface area contributed by atoms with Crippen LogP contribution in [0, 0.1) is 5.92 Å². The molecule has 0 aromatic rings. The molecule has 0 rings (SSSR count). The van der Waals surface area contributed by atoms with Crippen LogP contribution < -0.4 is 9.44 Å². The van der Waals surface area contributed by atoms with Gasteiger partial charge in [-0.05, 0) is 12.3 Å². The van der Waals surface area contributed by atoms with Gasteiger partial charge in [-0.15, -0.1) is 0 Å². The molecular formula is C10H18N2O6S. The van der Waals surface area contributed by atoms with Crippen LogP contribution in [-0.4, -0.2) is 40.9 Å². The fraction of sp³-hybridized carbons (Fsp3) is 0.700. The van der Waals surface area contributed by atoms with Gasteiger partial charge in [0.05, 0.1) is 6.61 Å². The number of rotatable bonds is 9. The quantitative estimate of drug-likeness (QED) is 0.364. The maximum atomic E-state index is 11.1. The summed E-state index contributed by atoms with van der Waals surface area (Å²) in [6.07, 6.45) is -0.603. The Morgan fingerprint density at radius 3 is 2.37 bits per heavy atom. The highest BCUT2D eigenvalue weighted by Gasteiger charge is 2.21. The summed E-state index contributed by atoms with van der Waals surface area (Å²) in [5.74, 6) is -2.11. The van der Waals surface area contributed by atoms with Gasteiger partial charge in [0.25, 0.3) is 0 Å². The van der Waals surface area contributed by atoms with Crippen molar-refractivity contribution in [2.75, 3.05) is 6.61 Å². The second-order valence-electron chi connectivity index (χ2n) is 4.02. The van der Waals surface area contributed by atoms with Crippen molar-refractivity contribution in [1.82, 2.24) is 9.44 Å². The first kappa shape index (κ1) is 17.5. The maximum absolute atomic E-state index is 11.1. The van der Waals surface area contributed by atoms with Gasteiger partial charge >= 0.3 is 18.0 Å². The normalized spacial score (nSPS) is 11.9. The number of carboxylic acid groups (broad SMARTS) is 2. The molecule has 0 saturated heterocycles.